The van der Waals surface area contributed by atoms with E-state index in [0.717, 1.165) is 20.2 Å². The predicted molar refractivity (Wildman–Crippen MR) is 85.7 cm³/mol. The molecule has 3 rings (SSSR count). The molecule has 2 heterocycles. The van der Waals surface area contributed by atoms with Crippen LogP contribution in [0.15, 0.2) is 30.5 Å². The molecule has 1 aliphatic heterocycles. The molecule has 2 aromatic rings. The molecule has 1 amide bonds. The van der Waals surface area contributed by atoms with Gasteiger partial charge in [0.15, 0.2) is 0 Å². The topological polar surface area (TPSA) is 51.2 Å². The second-order valence-corrected chi connectivity index (χ2v) is 6.31. The Morgan fingerprint density at radius 3 is 3.10 bits per heavy atom. The minimum absolute atomic E-state index is 0.00411. The molecule has 4 nitrogen and oxygen atoms in total. The zero-order chi connectivity index (χ0) is 14.1. The van der Waals surface area contributed by atoms with E-state index < -0.39 is 0 Å². The van der Waals surface area contributed by atoms with Crippen molar-refractivity contribution in [3.63, 3.8) is 0 Å². The number of hydrogen-bond acceptors (Lipinski definition) is 3. The highest BCUT2D eigenvalue weighted by Crippen LogP contribution is 2.29. The number of ether oxygens (including phenoxy) is 1. The Bertz CT molecular complexity index is 659. The first-order valence-electron chi connectivity index (χ1n) is 6.61. The second-order valence-electron chi connectivity index (χ2n) is 5.07. The van der Waals surface area contributed by atoms with Crippen LogP contribution in [0.3, 0.4) is 0 Å². The molecule has 2 atom stereocenters. The summed E-state index contributed by atoms with van der Waals surface area (Å²) in [6.07, 6.45) is 2.32. The van der Waals surface area contributed by atoms with Crippen molar-refractivity contribution in [1.82, 2.24) is 10.3 Å². The summed E-state index contributed by atoms with van der Waals surface area (Å²) in [6, 6.07) is 7.98. The van der Waals surface area contributed by atoms with E-state index in [0.29, 0.717) is 13.0 Å². The summed E-state index contributed by atoms with van der Waals surface area (Å²) in [5.74, 6) is 1.18. The Hall–Kier alpha value is -1.37. The zero-order valence-corrected chi connectivity index (χ0v) is 13.3. The fraction of sp³-hybridized carbons (Fsp3) is 0.333. The first-order valence-corrected chi connectivity index (χ1v) is 7.69. The molecular formula is C15H15IN2O2. The van der Waals surface area contributed by atoms with Gasteiger partial charge in [-0.2, -0.15) is 0 Å². The van der Waals surface area contributed by atoms with Gasteiger partial charge in [-0.15, -0.1) is 0 Å². The molecule has 0 bridgehead atoms. The Kier molecular flexibility index (Phi) is 3.78. The fourth-order valence-electron chi connectivity index (χ4n) is 2.47. The fourth-order valence-corrected chi connectivity index (χ4v) is 3.05. The van der Waals surface area contributed by atoms with Gasteiger partial charge in [-0.25, -0.2) is 0 Å². The number of halogens is 1. The molecule has 0 spiro atoms. The van der Waals surface area contributed by atoms with E-state index in [9.17, 15) is 4.79 Å². The largest absolute Gasteiger partial charge is 0.490 e. The molecule has 1 N–H and O–H groups in total. The summed E-state index contributed by atoms with van der Waals surface area (Å²) in [7, 11) is 0. The molecule has 20 heavy (non-hydrogen) atoms. The highest BCUT2D eigenvalue weighted by atomic mass is 127. The maximum absolute atomic E-state index is 11.3. The average molecular weight is 382 g/mol. The number of benzene rings is 1. The highest BCUT2D eigenvalue weighted by molar-refractivity contribution is 14.1. The Morgan fingerprint density at radius 1 is 1.50 bits per heavy atom. The van der Waals surface area contributed by atoms with Crippen LogP contribution < -0.4 is 10.1 Å². The minimum Gasteiger partial charge on any atom is -0.490 e. The van der Waals surface area contributed by atoms with E-state index in [1.54, 1.807) is 6.20 Å². The van der Waals surface area contributed by atoms with E-state index in [2.05, 4.69) is 32.9 Å². The molecule has 1 aliphatic rings. The van der Waals surface area contributed by atoms with Crippen molar-refractivity contribution < 1.29 is 9.53 Å². The average Bonchev–Trinajstić information content (AvgIpc) is 2.85. The summed E-state index contributed by atoms with van der Waals surface area (Å²) < 4.78 is 7.20. The van der Waals surface area contributed by atoms with Gasteiger partial charge in [0.2, 0.25) is 5.91 Å². The lowest BCUT2D eigenvalue weighted by Gasteiger charge is -2.20. The Labute approximate surface area is 131 Å². The number of carbonyl (C=O) groups is 1. The van der Waals surface area contributed by atoms with Crippen LogP contribution in [0, 0.1) is 9.49 Å². The molecule has 0 radical (unpaired) electrons. The van der Waals surface area contributed by atoms with Gasteiger partial charge < -0.3 is 10.1 Å². The van der Waals surface area contributed by atoms with Crippen molar-refractivity contribution in [3.05, 3.63) is 34.0 Å². The zero-order valence-electron chi connectivity index (χ0n) is 11.1. The molecule has 0 saturated carbocycles. The van der Waals surface area contributed by atoms with Crippen LogP contribution in [0.25, 0.3) is 10.9 Å². The van der Waals surface area contributed by atoms with Gasteiger partial charge in [-0.1, -0.05) is 0 Å². The number of rotatable bonds is 3. The molecule has 0 unspecified atom stereocenters. The molecule has 1 saturated heterocycles. The third-order valence-corrected chi connectivity index (χ3v) is 4.26. The number of fused-ring (bicyclic) bond motifs is 1. The van der Waals surface area contributed by atoms with E-state index in [1.807, 2.05) is 31.2 Å². The molecule has 104 valence electrons. The first-order chi connectivity index (χ1) is 9.63. The monoisotopic (exact) mass is 382 g/mol. The summed E-state index contributed by atoms with van der Waals surface area (Å²) in [6.45, 7) is 2.72. The third-order valence-electron chi connectivity index (χ3n) is 3.63. The molecule has 1 aromatic carbocycles. The highest BCUT2D eigenvalue weighted by Gasteiger charge is 2.28. The number of hydrogen-bond donors (Lipinski definition) is 1. The van der Waals surface area contributed by atoms with E-state index >= 15 is 0 Å². The smallest absolute Gasteiger partial charge is 0.220 e. The Morgan fingerprint density at radius 2 is 2.35 bits per heavy atom. The van der Waals surface area contributed by atoms with E-state index in [4.69, 9.17) is 4.74 Å². The summed E-state index contributed by atoms with van der Waals surface area (Å²) >= 11 is 2.27. The molecule has 0 aliphatic carbocycles. The first kappa shape index (κ1) is 13.6. The maximum Gasteiger partial charge on any atom is 0.220 e. The number of nitrogens with one attached hydrogen (secondary N) is 1. The number of carbonyl (C=O) groups excluding carboxylic acids is 1. The van der Waals surface area contributed by atoms with Crippen LogP contribution in [-0.2, 0) is 4.79 Å². The number of aromatic nitrogens is 1. The van der Waals surface area contributed by atoms with E-state index in [1.165, 1.54) is 0 Å². The summed E-state index contributed by atoms with van der Waals surface area (Å²) in [5, 5.41) is 3.86. The van der Waals surface area contributed by atoms with Gasteiger partial charge in [0.1, 0.15) is 11.9 Å². The van der Waals surface area contributed by atoms with Gasteiger partial charge in [0.25, 0.3) is 0 Å². The minimum atomic E-state index is -0.00411. The van der Waals surface area contributed by atoms with Crippen molar-refractivity contribution in [2.24, 2.45) is 5.92 Å². The summed E-state index contributed by atoms with van der Waals surface area (Å²) in [5.41, 5.74) is 0.933. The molecule has 5 heteroatoms. The van der Waals surface area contributed by atoms with Crippen LogP contribution in [-0.4, -0.2) is 23.5 Å². The van der Waals surface area contributed by atoms with Crippen molar-refractivity contribution in [2.75, 3.05) is 6.54 Å². The van der Waals surface area contributed by atoms with Crippen molar-refractivity contribution in [2.45, 2.75) is 19.4 Å². The van der Waals surface area contributed by atoms with Gasteiger partial charge in [0.05, 0.1) is 5.52 Å². The number of pyridine rings is 1. The summed E-state index contributed by atoms with van der Waals surface area (Å²) in [4.78, 5) is 15.7. The molecular weight excluding hydrogens is 367 g/mol. The lowest BCUT2D eigenvalue weighted by Crippen LogP contribution is -2.25. The predicted octanol–water partition coefficient (Wildman–Crippen LogP) is 2.74. The van der Waals surface area contributed by atoms with Crippen molar-refractivity contribution in [1.29, 1.82) is 0 Å². The lowest BCUT2D eigenvalue weighted by atomic mass is 10.0. The van der Waals surface area contributed by atoms with Crippen LogP contribution in [0.1, 0.15) is 13.3 Å². The van der Waals surface area contributed by atoms with E-state index in [-0.39, 0.29) is 17.9 Å². The number of nitrogens with zero attached hydrogens (tertiary/aromatic N) is 1. The van der Waals surface area contributed by atoms with Crippen LogP contribution in [0.5, 0.6) is 5.75 Å². The normalized spacial score (nSPS) is 19.9. The van der Waals surface area contributed by atoms with Gasteiger partial charge in [-0.05, 0) is 53.8 Å². The Balaban J connectivity index is 1.88. The van der Waals surface area contributed by atoms with Crippen LogP contribution in [0.2, 0.25) is 0 Å². The SMILES string of the molecule is C[C@@H](Oc1cc(I)cc2ncccc12)[C@@H]1CNC(=O)C1. The van der Waals surface area contributed by atoms with Gasteiger partial charge >= 0.3 is 0 Å². The second kappa shape index (κ2) is 5.55. The number of amides is 1. The van der Waals surface area contributed by atoms with Gasteiger partial charge in [-0.3, -0.25) is 9.78 Å². The third kappa shape index (κ3) is 2.72. The van der Waals surface area contributed by atoms with Crippen LogP contribution >= 0.6 is 22.6 Å². The maximum atomic E-state index is 11.3. The molecule has 1 fully saturated rings. The van der Waals surface area contributed by atoms with Gasteiger partial charge in [0, 0.05) is 34.0 Å². The molecule has 1 aromatic heterocycles. The standard InChI is InChI=1S/C15H15IN2O2/c1-9(10-5-15(19)18-8-10)20-14-7-11(16)6-13-12(14)3-2-4-17-13/h2-4,6-7,9-10H,5,8H2,1H3,(H,18,19)/t9-,10+/m1/s1. The quantitative estimate of drug-likeness (QED) is 0.831. The lowest BCUT2D eigenvalue weighted by molar-refractivity contribution is -0.119. The van der Waals surface area contributed by atoms with Crippen molar-refractivity contribution in [3.8, 4) is 5.75 Å². The van der Waals surface area contributed by atoms with Crippen LogP contribution in [0.4, 0.5) is 0 Å². The van der Waals surface area contributed by atoms with Crippen molar-refractivity contribution >= 4 is 39.4 Å².